The smallest absolute Gasteiger partial charge is 0.269 e. The van der Waals surface area contributed by atoms with Gasteiger partial charge >= 0.3 is 0 Å². The first-order valence-corrected chi connectivity index (χ1v) is 4.38. The summed E-state index contributed by atoms with van der Waals surface area (Å²) < 4.78 is 0. The van der Waals surface area contributed by atoms with Gasteiger partial charge in [-0.2, -0.15) is 5.10 Å². The predicted molar refractivity (Wildman–Crippen MR) is 61.1 cm³/mol. The molecule has 0 saturated heterocycles. The molecule has 0 spiro atoms. The van der Waals surface area contributed by atoms with Crippen molar-refractivity contribution in [1.29, 1.82) is 0 Å². The van der Waals surface area contributed by atoms with Crippen molar-refractivity contribution in [2.75, 3.05) is 0 Å². The SMILES string of the molecule is C/C(=N\N=C(N)N)c1ccc([N+](=O)[O-])cc1. The van der Waals surface area contributed by atoms with Gasteiger partial charge in [0.05, 0.1) is 10.6 Å². The Labute approximate surface area is 91.6 Å². The zero-order chi connectivity index (χ0) is 12.1. The highest BCUT2D eigenvalue weighted by Crippen LogP contribution is 2.12. The van der Waals surface area contributed by atoms with Gasteiger partial charge in [0.15, 0.2) is 0 Å². The van der Waals surface area contributed by atoms with Crippen LogP contribution in [-0.2, 0) is 0 Å². The highest BCUT2D eigenvalue weighted by molar-refractivity contribution is 5.99. The molecule has 16 heavy (non-hydrogen) atoms. The molecule has 0 heterocycles. The maximum atomic E-state index is 10.4. The number of guanidine groups is 1. The molecule has 0 unspecified atom stereocenters. The molecular weight excluding hydrogens is 210 g/mol. The van der Waals surface area contributed by atoms with Crippen molar-refractivity contribution in [2.45, 2.75) is 6.92 Å². The summed E-state index contributed by atoms with van der Waals surface area (Å²) in [4.78, 5) is 9.95. The molecule has 84 valence electrons. The van der Waals surface area contributed by atoms with Crippen molar-refractivity contribution in [3.05, 3.63) is 39.9 Å². The molecule has 0 aromatic heterocycles. The summed E-state index contributed by atoms with van der Waals surface area (Å²) in [7, 11) is 0. The molecule has 0 aliphatic carbocycles. The summed E-state index contributed by atoms with van der Waals surface area (Å²) in [5.74, 6) is -0.138. The summed E-state index contributed by atoms with van der Waals surface area (Å²) >= 11 is 0. The summed E-state index contributed by atoms with van der Waals surface area (Å²) in [5.41, 5.74) is 11.5. The fraction of sp³-hybridized carbons (Fsp3) is 0.111. The molecule has 0 saturated carbocycles. The van der Waals surface area contributed by atoms with E-state index in [0.29, 0.717) is 5.71 Å². The Morgan fingerprint density at radius 1 is 1.25 bits per heavy atom. The second-order valence-electron chi connectivity index (χ2n) is 3.01. The van der Waals surface area contributed by atoms with Crippen LogP contribution in [0.15, 0.2) is 34.5 Å². The standard InChI is InChI=1S/C9H11N5O2/c1-6(12-13-9(10)11)7-2-4-8(5-3-7)14(15)16/h2-5H,1H3,(H4,10,11,13)/b12-6+. The molecule has 0 amide bonds. The number of non-ortho nitro benzene ring substituents is 1. The number of nitrogens with two attached hydrogens (primary N) is 2. The average molecular weight is 221 g/mol. The highest BCUT2D eigenvalue weighted by Gasteiger charge is 2.04. The largest absolute Gasteiger partial charge is 0.369 e. The van der Waals surface area contributed by atoms with Gasteiger partial charge in [-0.3, -0.25) is 10.1 Å². The second-order valence-corrected chi connectivity index (χ2v) is 3.01. The van der Waals surface area contributed by atoms with Crippen LogP contribution in [0.3, 0.4) is 0 Å². The van der Waals surface area contributed by atoms with Crippen LogP contribution in [0.2, 0.25) is 0 Å². The monoisotopic (exact) mass is 221 g/mol. The fourth-order valence-electron chi connectivity index (χ4n) is 1.01. The Balaban J connectivity index is 2.94. The third kappa shape index (κ3) is 3.05. The van der Waals surface area contributed by atoms with Crippen molar-refractivity contribution in [1.82, 2.24) is 0 Å². The van der Waals surface area contributed by atoms with Gasteiger partial charge in [-0.25, -0.2) is 0 Å². The lowest BCUT2D eigenvalue weighted by molar-refractivity contribution is -0.384. The van der Waals surface area contributed by atoms with E-state index in [1.54, 1.807) is 19.1 Å². The van der Waals surface area contributed by atoms with Crippen molar-refractivity contribution in [3.8, 4) is 0 Å². The Hall–Kier alpha value is -2.44. The lowest BCUT2D eigenvalue weighted by Gasteiger charge is -1.98. The van der Waals surface area contributed by atoms with Crippen LogP contribution < -0.4 is 11.5 Å². The highest BCUT2D eigenvalue weighted by atomic mass is 16.6. The predicted octanol–water partition coefficient (Wildman–Crippen LogP) is 0.592. The molecule has 0 bridgehead atoms. The van der Waals surface area contributed by atoms with Crippen molar-refractivity contribution < 1.29 is 4.92 Å². The molecule has 1 aromatic carbocycles. The first-order chi connectivity index (χ1) is 7.50. The lowest BCUT2D eigenvalue weighted by Crippen LogP contribution is -2.22. The molecule has 0 radical (unpaired) electrons. The van der Waals surface area contributed by atoms with E-state index in [9.17, 15) is 10.1 Å². The van der Waals surface area contributed by atoms with E-state index in [1.165, 1.54) is 12.1 Å². The van der Waals surface area contributed by atoms with Crippen LogP contribution in [0.5, 0.6) is 0 Å². The molecule has 0 aliphatic heterocycles. The summed E-state index contributed by atoms with van der Waals surface area (Å²) in [5, 5.41) is 17.7. The quantitative estimate of drug-likeness (QED) is 0.336. The number of nitro benzene ring substituents is 1. The number of nitro groups is 1. The number of rotatable bonds is 3. The van der Waals surface area contributed by atoms with E-state index in [2.05, 4.69) is 10.2 Å². The minimum atomic E-state index is -0.466. The zero-order valence-corrected chi connectivity index (χ0v) is 8.62. The van der Waals surface area contributed by atoms with E-state index in [0.717, 1.165) is 5.56 Å². The Bertz CT molecular complexity index is 445. The van der Waals surface area contributed by atoms with Gasteiger partial charge in [0.25, 0.3) is 5.69 Å². The van der Waals surface area contributed by atoms with Gasteiger partial charge in [0, 0.05) is 12.1 Å². The first kappa shape index (κ1) is 11.6. The van der Waals surface area contributed by atoms with Gasteiger partial charge in [-0.1, -0.05) is 0 Å². The molecule has 0 fully saturated rings. The molecule has 7 nitrogen and oxygen atoms in total. The minimum absolute atomic E-state index is 0.0263. The molecule has 1 rings (SSSR count). The molecule has 1 aromatic rings. The van der Waals surface area contributed by atoms with Crippen LogP contribution in [0.1, 0.15) is 12.5 Å². The maximum absolute atomic E-state index is 10.4. The molecule has 7 heteroatoms. The van der Waals surface area contributed by atoms with Gasteiger partial charge in [-0.05, 0) is 24.6 Å². The summed E-state index contributed by atoms with van der Waals surface area (Å²) in [6.07, 6.45) is 0. The summed E-state index contributed by atoms with van der Waals surface area (Å²) in [6.45, 7) is 1.70. The van der Waals surface area contributed by atoms with Gasteiger partial charge in [-0.15, -0.1) is 5.10 Å². The van der Waals surface area contributed by atoms with Gasteiger partial charge in [0.2, 0.25) is 5.96 Å². The number of benzene rings is 1. The van der Waals surface area contributed by atoms with Crippen molar-refractivity contribution in [2.24, 2.45) is 21.7 Å². The van der Waals surface area contributed by atoms with Crippen LogP contribution in [0, 0.1) is 10.1 Å². The van der Waals surface area contributed by atoms with Gasteiger partial charge < -0.3 is 11.5 Å². The molecule has 0 atom stereocenters. The average Bonchev–Trinajstić information content (AvgIpc) is 2.26. The van der Waals surface area contributed by atoms with Crippen LogP contribution in [-0.4, -0.2) is 16.6 Å². The molecular formula is C9H11N5O2. The summed E-state index contributed by atoms with van der Waals surface area (Å²) in [6, 6.07) is 5.95. The Morgan fingerprint density at radius 3 is 2.25 bits per heavy atom. The van der Waals surface area contributed by atoms with E-state index in [1.807, 2.05) is 0 Å². The van der Waals surface area contributed by atoms with Crippen molar-refractivity contribution >= 4 is 17.4 Å². The van der Waals surface area contributed by atoms with Crippen LogP contribution >= 0.6 is 0 Å². The van der Waals surface area contributed by atoms with Crippen LogP contribution in [0.4, 0.5) is 5.69 Å². The number of hydrogen-bond donors (Lipinski definition) is 2. The molecule has 0 aliphatic rings. The molecule has 4 N–H and O–H groups in total. The zero-order valence-electron chi connectivity index (χ0n) is 8.62. The first-order valence-electron chi connectivity index (χ1n) is 4.38. The van der Waals surface area contributed by atoms with Crippen LogP contribution in [0.25, 0.3) is 0 Å². The topological polar surface area (TPSA) is 120 Å². The third-order valence-electron chi connectivity index (χ3n) is 1.81. The van der Waals surface area contributed by atoms with Gasteiger partial charge in [0.1, 0.15) is 0 Å². The third-order valence-corrected chi connectivity index (χ3v) is 1.81. The second kappa shape index (κ2) is 4.87. The Kier molecular flexibility index (Phi) is 3.54. The fourth-order valence-corrected chi connectivity index (χ4v) is 1.01. The normalized spacial score (nSPS) is 10.9. The minimum Gasteiger partial charge on any atom is -0.369 e. The van der Waals surface area contributed by atoms with E-state index < -0.39 is 4.92 Å². The van der Waals surface area contributed by atoms with E-state index in [4.69, 9.17) is 11.5 Å². The lowest BCUT2D eigenvalue weighted by atomic mass is 10.1. The van der Waals surface area contributed by atoms with E-state index >= 15 is 0 Å². The number of hydrogen-bond acceptors (Lipinski definition) is 4. The van der Waals surface area contributed by atoms with E-state index in [-0.39, 0.29) is 11.6 Å². The Morgan fingerprint density at radius 2 is 1.81 bits per heavy atom. The maximum Gasteiger partial charge on any atom is 0.269 e. The number of nitrogens with zero attached hydrogens (tertiary/aromatic N) is 3. The van der Waals surface area contributed by atoms with Crippen molar-refractivity contribution in [3.63, 3.8) is 0 Å².